The van der Waals surface area contributed by atoms with Crippen LogP contribution >= 0.6 is 35.0 Å². The van der Waals surface area contributed by atoms with Gasteiger partial charge in [-0.2, -0.15) is 5.26 Å². The largest absolute Gasteiger partial charge is 0.489 e. The maximum atomic E-state index is 9.58. The maximum Gasteiger partial charge on any atom is 0.255 e. The third kappa shape index (κ3) is 5.35. The van der Waals surface area contributed by atoms with Gasteiger partial charge in [0.05, 0.1) is 16.5 Å². The highest BCUT2D eigenvalue weighted by Gasteiger charge is 2.26. The smallest absolute Gasteiger partial charge is 0.255 e. The second kappa shape index (κ2) is 10.5. The van der Waals surface area contributed by atoms with Crippen molar-refractivity contribution in [3.8, 4) is 17.6 Å². The van der Waals surface area contributed by atoms with E-state index in [0.29, 0.717) is 34.0 Å². The molecule has 3 aromatic rings. The molecular weight excluding hydrogens is 467 g/mol. The molecule has 0 fully saturated rings. The van der Waals surface area contributed by atoms with Gasteiger partial charge in [-0.3, -0.25) is 0 Å². The fraction of sp³-hybridized carbons (Fsp3) is 0.333. The van der Waals surface area contributed by atoms with E-state index in [1.165, 1.54) is 11.8 Å². The van der Waals surface area contributed by atoms with Gasteiger partial charge < -0.3 is 13.9 Å². The molecule has 0 aliphatic carbocycles. The quantitative estimate of drug-likeness (QED) is 0.244. The Hall–Kier alpha value is -2.33. The Balaban J connectivity index is 1.79. The van der Waals surface area contributed by atoms with Crippen molar-refractivity contribution in [2.75, 3.05) is 18.7 Å². The molecule has 0 amide bonds. The van der Waals surface area contributed by atoms with Crippen molar-refractivity contribution in [1.29, 1.82) is 5.26 Å². The minimum absolute atomic E-state index is 0.284. The second-order valence-electron chi connectivity index (χ2n) is 7.61. The number of oxazole rings is 1. The van der Waals surface area contributed by atoms with Gasteiger partial charge >= 0.3 is 0 Å². The molecule has 0 unspecified atom stereocenters. The number of nitriles is 1. The van der Waals surface area contributed by atoms with Crippen molar-refractivity contribution >= 4 is 35.0 Å². The first-order valence-electron chi connectivity index (χ1n) is 9.96. The van der Waals surface area contributed by atoms with Crippen LogP contribution in [0.15, 0.2) is 46.0 Å². The Morgan fingerprint density at radius 1 is 1.16 bits per heavy atom. The van der Waals surface area contributed by atoms with Crippen LogP contribution in [-0.2, 0) is 12.0 Å². The number of nitrogens with zero attached hydrogens (tertiary/aromatic N) is 2. The van der Waals surface area contributed by atoms with E-state index >= 15 is 0 Å². The van der Waals surface area contributed by atoms with Crippen LogP contribution in [0.25, 0.3) is 0 Å². The number of thioether (sulfide) groups is 1. The number of alkyl halides is 1. The number of hydrogen-bond acceptors (Lipinski definition) is 6. The Kier molecular flexibility index (Phi) is 8.00. The predicted molar refractivity (Wildman–Crippen MR) is 128 cm³/mol. The minimum Gasteiger partial charge on any atom is -0.489 e. The summed E-state index contributed by atoms with van der Waals surface area (Å²) >= 11 is 13.6. The van der Waals surface area contributed by atoms with Crippen LogP contribution in [0.1, 0.15) is 42.0 Å². The van der Waals surface area contributed by atoms with Crippen LogP contribution < -0.4 is 9.47 Å². The van der Waals surface area contributed by atoms with Crippen LogP contribution in [0.3, 0.4) is 0 Å². The summed E-state index contributed by atoms with van der Waals surface area (Å²) in [5.74, 6) is 2.18. The van der Waals surface area contributed by atoms with Crippen LogP contribution in [0.2, 0.25) is 5.02 Å². The van der Waals surface area contributed by atoms with E-state index < -0.39 is 5.41 Å². The summed E-state index contributed by atoms with van der Waals surface area (Å²) in [5.41, 5.74) is 2.75. The number of rotatable bonds is 9. The third-order valence-corrected chi connectivity index (χ3v) is 6.17. The Morgan fingerprint density at radius 2 is 1.88 bits per heavy atom. The van der Waals surface area contributed by atoms with Crippen molar-refractivity contribution in [2.24, 2.45) is 0 Å². The van der Waals surface area contributed by atoms with Gasteiger partial charge in [0.25, 0.3) is 5.22 Å². The zero-order chi connectivity index (χ0) is 23.3. The van der Waals surface area contributed by atoms with E-state index in [1.807, 2.05) is 49.6 Å². The van der Waals surface area contributed by atoms with E-state index in [4.69, 9.17) is 37.1 Å². The standard InChI is InChI=1S/C24H24Cl2N2O3S/c1-15-21(28-23(31-15)32-4)14-30-19-7-5-17(6-8-19)24(2,3)18-11-16(13-27)22(20(26)12-18)29-10-9-25/h5-8,11-12H,9-10,14H2,1-4H3. The lowest BCUT2D eigenvalue weighted by atomic mass is 9.77. The second-order valence-corrected chi connectivity index (χ2v) is 9.15. The molecule has 0 radical (unpaired) electrons. The molecule has 0 atom stereocenters. The highest BCUT2D eigenvalue weighted by Crippen LogP contribution is 2.38. The highest BCUT2D eigenvalue weighted by atomic mass is 35.5. The molecule has 0 saturated carbocycles. The molecule has 0 saturated heterocycles. The van der Waals surface area contributed by atoms with Gasteiger partial charge in [-0.25, -0.2) is 4.98 Å². The lowest BCUT2D eigenvalue weighted by molar-refractivity contribution is 0.299. The first kappa shape index (κ1) is 24.3. The number of ether oxygens (including phenoxy) is 2. The molecule has 0 spiro atoms. The molecule has 8 heteroatoms. The Labute approximate surface area is 202 Å². The van der Waals surface area contributed by atoms with Crippen molar-refractivity contribution in [2.45, 2.75) is 38.0 Å². The van der Waals surface area contributed by atoms with Crippen molar-refractivity contribution in [3.63, 3.8) is 0 Å². The van der Waals surface area contributed by atoms with E-state index in [2.05, 4.69) is 24.9 Å². The third-order valence-electron chi connectivity index (χ3n) is 5.21. The number of halogens is 2. The fourth-order valence-electron chi connectivity index (χ4n) is 3.23. The van der Waals surface area contributed by atoms with Gasteiger partial charge in [-0.05, 0) is 48.6 Å². The first-order chi connectivity index (χ1) is 15.3. The molecule has 1 heterocycles. The first-order valence-corrected chi connectivity index (χ1v) is 12.1. The van der Waals surface area contributed by atoms with Crippen LogP contribution in [0.5, 0.6) is 11.5 Å². The maximum absolute atomic E-state index is 9.58. The summed E-state index contributed by atoms with van der Waals surface area (Å²) < 4.78 is 17.0. The molecular formula is C24H24Cl2N2O3S. The summed E-state index contributed by atoms with van der Waals surface area (Å²) in [5, 5.41) is 10.6. The summed E-state index contributed by atoms with van der Waals surface area (Å²) in [6.45, 7) is 6.66. The average molecular weight is 491 g/mol. The molecule has 0 aliphatic heterocycles. The molecule has 3 rings (SSSR count). The molecule has 5 nitrogen and oxygen atoms in total. The van der Waals surface area contributed by atoms with E-state index in [1.54, 1.807) is 0 Å². The van der Waals surface area contributed by atoms with Crippen LogP contribution in [-0.4, -0.2) is 23.7 Å². The lowest BCUT2D eigenvalue weighted by Gasteiger charge is -2.27. The monoisotopic (exact) mass is 490 g/mol. The van der Waals surface area contributed by atoms with E-state index in [9.17, 15) is 5.26 Å². The SMILES string of the molecule is CSc1nc(COc2ccc(C(C)(C)c3cc(Cl)c(OCCCl)c(C#N)c3)cc2)c(C)o1. The molecule has 0 bridgehead atoms. The summed E-state index contributed by atoms with van der Waals surface area (Å²) in [6.07, 6.45) is 1.92. The van der Waals surface area contributed by atoms with Crippen molar-refractivity contribution in [1.82, 2.24) is 4.98 Å². The topological polar surface area (TPSA) is 68.3 Å². The molecule has 168 valence electrons. The highest BCUT2D eigenvalue weighted by molar-refractivity contribution is 7.98. The molecule has 0 aliphatic rings. The Bertz CT molecular complexity index is 1120. The zero-order valence-electron chi connectivity index (χ0n) is 18.4. The summed E-state index contributed by atoms with van der Waals surface area (Å²) in [6, 6.07) is 13.7. The number of aromatic nitrogens is 1. The van der Waals surface area contributed by atoms with Crippen molar-refractivity contribution < 1.29 is 13.9 Å². The van der Waals surface area contributed by atoms with Gasteiger partial charge in [0.1, 0.15) is 36.5 Å². The number of aryl methyl sites for hydroxylation is 1. The fourth-order valence-corrected chi connectivity index (χ4v) is 3.99. The molecule has 2 aromatic carbocycles. The van der Waals surface area contributed by atoms with Gasteiger partial charge in [-0.1, -0.05) is 49.3 Å². The normalized spacial score (nSPS) is 11.3. The molecule has 32 heavy (non-hydrogen) atoms. The van der Waals surface area contributed by atoms with Gasteiger partial charge in [0, 0.05) is 5.41 Å². The lowest BCUT2D eigenvalue weighted by Crippen LogP contribution is -2.19. The Morgan fingerprint density at radius 3 is 2.47 bits per heavy atom. The van der Waals surface area contributed by atoms with Gasteiger partial charge in [-0.15, -0.1) is 11.6 Å². The summed E-state index contributed by atoms with van der Waals surface area (Å²) in [4.78, 5) is 4.40. The zero-order valence-corrected chi connectivity index (χ0v) is 20.7. The molecule has 1 aromatic heterocycles. The number of hydrogen-bond donors (Lipinski definition) is 0. The average Bonchev–Trinajstić information content (AvgIpc) is 3.16. The molecule has 0 N–H and O–H groups in total. The van der Waals surface area contributed by atoms with E-state index in [0.717, 1.165) is 28.3 Å². The number of benzene rings is 2. The van der Waals surface area contributed by atoms with Crippen molar-refractivity contribution in [3.05, 3.63) is 69.6 Å². The van der Waals surface area contributed by atoms with Gasteiger partial charge in [0.15, 0.2) is 5.75 Å². The predicted octanol–water partition coefficient (Wildman–Crippen LogP) is 6.75. The van der Waals surface area contributed by atoms with Crippen LogP contribution in [0.4, 0.5) is 0 Å². The summed E-state index contributed by atoms with van der Waals surface area (Å²) in [7, 11) is 0. The van der Waals surface area contributed by atoms with E-state index in [-0.39, 0.29) is 6.61 Å². The van der Waals surface area contributed by atoms with Gasteiger partial charge in [0.2, 0.25) is 0 Å². The minimum atomic E-state index is -0.394. The van der Waals surface area contributed by atoms with Crippen LogP contribution in [0, 0.1) is 18.3 Å².